The van der Waals surface area contributed by atoms with E-state index in [1.165, 1.54) is 24.3 Å². The van der Waals surface area contributed by atoms with Gasteiger partial charge in [0.15, 0.2) is 0 Å². The molecule has 2 rings (SSSR count). The highest BCUT2D eigenvalue weighted by molar-refractivity contribution is 7.92. The van der Waals surface area contributed by atoms with Crippen LogP contribution in [-0.2, 0) is 10.0 Å². The Hall–Kier alpha value is -2.34. The maximum absolute atomic E-state index is 12.3. The highest BCUT2D eigenvalue weighted by atomic mass is 32.2. The number of anilines is 1. The minimum Gasteiger partial charge on any atom is -0.366 e. The third kappa shape index (κ3) is 3.22. The zero-order valence-corrected chi connectivity index (χ0v) is 12.6. The summed E-state index contributed by atoms with van der Waals surface area (Å²) in [5.74, 6) is -0.596. The molecule has 0 saturated carbocycles. The van der Waals surface area contributed by atoms with E-state index in [9.17, 15) is 13.2 Å². The maximum atomic E-state index is 12.3. The molecule has 2 aromatic rings. The normalized spacial score (nSPS) is 11.1. The van der Waals surface area contributed by atoms with E-state index in [1.54, 1.807) is 12.1 Å². The van der Waals surface area contributed by atoms with E-state index in [0.29, 0.717) is 5.69 Å². The maximum Gasteiger partial charge on any atom is 0.261 e. The summed E-state index contributed by atoms with van der Waals surface area (Å²) in [5, 5.41) is 0. The number of sulfonamides is 1. The predicted molar refractivity (Wildman–Crippen MR) is 81.7 cm³/mol. The number of primary amides is 1. The molecule has 0 unspecified atom stereocenters. The van der Waals surface area contributed by atoms with E-state index in [2.05, 4.69) is 4.72 Å². The largest absolute Gasteiger partial charge is 0.366 e. The smallest absolute Gasteiger partial charge is 0.261 e. The van der Waals surface area contributed by atoms with Crippen molar-refractivity contribution in [2.75, 3.05) is 4.72 Å². The molecule has 0 radical (unpaired) electrons. The summed E-state index contributed by atoms with van der Waals surface area (Å²) in [6.45, 7) is 3.76. The van der Waals surface area contributed by atoms with Gasteiger partial charge in [0.05, 0.1) is 10.6 Å². The second-order valence-corrected chi connectivity index (χ2v) is 6.42. The average molecular weight is 304 g/mol. The van der Waals surface area contributed by atoms with Crippen LogP contribution in [0, 0.1) is 13.8 Å². The zero-order chi connectivity index (χ0) is 15.6. The van der Waals surface area contributed by atoms with Crippen molar-refractivity contribution in [1.29, 1.82) is 0 Å². The van der Waals surface area contributed by atoms with Gasteiger partial charge in [-0.2, -0.15) is 0 Å². The summed E-state index contributed by atoms with van der Waals surface area (Å²) in [7, 11) is -3.70. The topological polar surface area (TPSA) is 89.3 Å². The van der Waals surface area contributed by atoms with E-state index >= 15 is 0 Å². The number of nitrogens with two attached hydrogens (primary N) is 1. The fourth-order valence-corrected chi connectivity index (χ4v) is 2.99. The van der Waals surface area contributed by atoms with Crippen molar-refractivity contribution < 1.29 is 13.2 Å². The van der Waals surface area contributed by atoms with Crippen molar-refractivity contribution in [3.05, 3.63) is 59.2 Å². The van der Waals surface area contributed by atoms with Crippen LogP contribution in [0.15, 0.2) is 47.4 Å². The molecule has 0 atom stereocenters. The Morgan fingerprint density at radius 2 is 1.67 bits per heavy atom. The number of hydrogen-bond donors (Lipinski definition) is 2. The molecule has 0 spiro atoms. The van der Waals surface area contributed by atoms with Crippen molar-refractivity contribution in [2.24, 2.45) is 5.73 Å². The van der Waals surface area contributed by atoms with Crippen LogP contribution in [0.25, 0.3) is 0 Å². The van der Waals surface area contributed by atoms with Gasteiger partial charge in [0, 0.05) is 5.56 Å². The van der Waals surface area contributed by atoms with E-state index in [-0.39, 0.29) is 10.5 Å². The van der Waals surface area contributed by atoms with Crippen LogP contribution in [0.4, 0.5) is 5.69 Å². The molecule has 0 aromatic heterocycles. The lowest BCUT2D eigenvalue weighted by Gasteiger charge is -2.12. The average Bonchev–Trinajstić information content (AvgIpc) is 2.44. The molecule has 2 aromatic carbocycles. The summed E-state index contributed by atoms with van der Waals surface area (Å²) in [4.78, 5) is 11.1. The minimum atomic E-state index is -3.70. The van der Waals surface area contributed by atoms with Gasteiger partial charge in [-0.1, -0.05) is 12.1 Å². The number of carbonyl (C=O) groups excluding carboxylic acids is 1. The molecule has 0 aliphatic heterocycles. The number of hydrogen-bond acceptors (Lipinski definition) is 3. The van der Waals surface area contributed by atoms with Gasteiger partial charge in [-0.15, -0.1) is 0 Å². The van der Waals surface area contributed by atoms with Crippen LogP contribution in [0.3, 0.4) is 0 Å². The monoisotopic (exact) mass is 304 g/mol. The summed E-state index contributed by atoms with van der Waals surface area (Å²) in [6, 6.07) is 10.9. The SMILES string of the molecule is Cc1cccc(NS(=O)(=O)c2ccc(C(N)=O)cc2)c1C. The van der Waals surface area contributed by atoms with Crippen LogP contribution in [0.5, 0.6) is 0 Å². The van der Waals surface area contributed by atoms with Crippen molar-refractivity contribution in [3.8, 4) is 0 Å². The van der Waals surface area contributed by atoms with Gasteiger partial charge < -0.3 is 5.73 Å². The standard InChI is InChI=1S/C15H16N2O3S/c1-10-4-3-5-14(11(10)2)17-21(19,20)13-8-6-12(7-9-13)15(16)18/h3-9,17H,1-2H3,(H2,16,18). The Labute approximate surface area is 123 Å². The van der Waals surface area contributed by atoms with Gasteiger partial charge in [0.25, 0.3) is 10.0 Å². The molecular formula is C15H16N2O3S. The second-order valence-electron chi connectivity index (χ2n) is 4.74. The summed E-state index contributed by atoms with van der Waals surface area (Å²) in [5.41, 5.74) is 7.80. The van der Waals surface area contributed by atoms with Gasteiger partial charge in [0.1, 0.15) is 0 Å². The zero-order valence-electron chi connectivity index (χ0n) is 11.8. The van der Waals surface area contributed by atoms with E-state index in [0.717, 1.165) is 11.1 Å². The van der Waals surface area contributed by atoms with Crippen molar-refractivity contribution in [2.45, 2.75) is 18.7 Å². The second kappa shape index (κ2) is 5.57. The Balaban J connectivity index is 2.34. The Kier molecular flexibility index (Phi) is 3.99. The molecule has 0 bridgehead atoms. The highest BCUT2D eigenvalue weighted by Crippen LogP contribution is 2.22. The first-order valence-electron chi connectivity index (χ1n) is 6.30. The third-order valence-corrected chi connectivity index (χ3v) is 4.68. The highest BCUT2D eigenvalue weighted by Gasteiger charge is 2.16. The first-order valence-corrected chi connectivity index (χ1v) is 7.78. The predicted octanol–water partition coefficient (Wildman–Crippen LogP) is 2.20. The molecule has 0 saturated heterocycles. The number of aryl methyl sites for hydroxylation is 1. The summed E-state index contributed by atoms with van der Waals surface area (Å²) >= 11 is 0. The molecular weight excluding hydrogens is 288 g/mol. The van der Waals surface area contributed by atoms with Crippen molar-refractivity contribution in [3.63, 3.8) is 0 Å². The Morgan fingerprint density at radius 1 is 1.05 bits per heavy atom. The summed E-state index contributed by atoms with van der Waals surface area (Å²) < 4.78 is 27.2. The van der Waals surface area contributed by atoms with E-state index < -0.39 is 15.9 Å². The van der Waals surface area contributed by atoms with Crippen molar-refractivity contribution in [1.82, 2.24) is 0 Å². The van der Waals surface area contributed by atoms with Gasteiger partial charge >= 0.3 is 0 Å². The number of nitrogens with one attached hydrogen (secondary N) is 1. The van der Waals surface area contributed by atoms with Crippen LogP contribution < -0.4 is 10.5 Å². The van der Waals surface area contributed by atoms with Crippen LogP contribution in [0.2, 0.25) is 0 Å². The van der Waals surface area contributed by atoms with E-state index in [1.807, 2.05) is 19.9 Å². The molecule has 21 heavy (non-hydrogen) atoms. The molecule has 0 heterocycles. The first kappa shape index (κ1) is 15.1. The fraction of sp³-hybridized carbons (Fsp3) is 0.133. The Bertz CT molecular complexity index is 781. The number of amides is 1. The lowest BCUT2D eigenvalue weighted by atomic mass is 10.1. The molecule has 0 aliphatic rings. The van der Waals surface area contributed by atoms with Gasteiger partial charge in [-0.3, -0.25) is 9.52 Å². The molecule has 5 nitrogen and oxygen atoms in total. The van der Waals surface area contributed by atoms with Crippen LogP contribution in [-0.4, -0.2) is 14.3 Å². The van der Waals surface area contributed by atoms with E-state index in [4.69, 9.17) is 5.73 Å². The van der Waals surface area contributed by atoms with Gasteiger partial charge in [-0.05, 0) is 55.3 Å². The molecule has 1 amide bonds. The lowest BCUT2D eigenvalue weighted by molar-refractivity contribution is 0.1000. The van der Waals surface area contributed by atoms with Gasteiger partial charge in [0.2, 0.25) is 5.91 Å². The summed E-state index contributed by atoms with van der Waals surface area (Å²) in [6.07, 6.45) is 0. The van der Waals surface area contributed by atoms with Crippen LogP contribution in [0.1, 0.15) is 21.5 Å². The number of rotatable bonds is 4. The third-order valence-electron chi connectivity index (χ3n) is 3.30. The van der Waals surface area contributed by atoms with Crippen molar-refractivity contribution >= 4 is 21.6 Å². The molecule has 0 fully saturated rings. The molecule has 3 N–H and O–H groups in total. The van der Waals surface area contributed by atoms with Crippen LogP contribution >= 0.6 is 0 Å². The minimum absolute atomic E-state index is 0.0772. The quantitative estimate of drug-likeness (QED) is 0.907. The fourth-order valence-electron chi connectivity index (χ4n) is 1.86. The molecule has 110 valence electrons. The Morgan fingerprint density at radius 3 is 2.24 bits per heavy atom. The first-order chi connectivity index (χ1) is 9.81. The number of carbonyl (C=O) groups is 1. The van der Waals surface area contributed by atoms with Gasteiger partial charge in [-0.25, -0.2) is 8.42 Å². The number of benzene rings is 2. The molecule has 0 aliphatic carbocycles. The molecule has 6 heteroatoms. The lowest BCUT2D eigenvalue weighted by Crippen LogP contribution is -2.15.